The van der Waals surface area contributed by atoms with Crippen molar-refractivity contribution < 1.29 is 4.79 Å². The highest BCUT2D eigenvalue weighted by molar-refractivity contribution is 6.30. The number of carbonyl (C=O) groups is 1. The fourth-order valence-corrected chi connectivity index (χ4v) is 4.16. The highest BCUT2D eigenvalue weighted by Gasteiger charge is 2.31. The first kappa shape index (κ1) is 17.4. The van der Waals surface area contributed by atoms with Gasteiger partial charge >= 0.3 is 0 Å². The normalized spacial score (nSPS) is 20.3. The molecule has 5 heteroatoms. The molecule has 0 saturated carbocycles. The van der Waals surface area contributed by atoms with E-state index in [2.05, 4.69) is 47.1 Å². The van der Waals surface area contributed by atoms with Gasteiger partial charge in [-0.3, -0.25) is 9.69 Å². The molecule has 2 aromatic rings. The molecule has 1 fully saturated rings. The Hall–Kier alpha value is -2.04. The number of anilines is 2. The number of carbonyl (C=O) groups excluding carboxylic acids is 1. The minimum atomic E-state index is 0.211. The highest BCUT2D eigenvalue weighted by Crippen LogP contribution is 2.32. The maximum atomic E-state index is 12.9. The van der Waals surface area contributed by atoms with Gasteiger partial charge in [0.15, 0.2) is 0 Å². The zero-order valence-corrected chi connectivity index (χ0v) is 15.8. The average Bonchev–Trinajstić information content (AvgIpc) is 2.99. The first-order valence-electron chi connectivity index (χ1n) is 9.24. The summed E-state index contributed by atoms with van der Waals surface area (Å²) in [5.74, 6) is 0.211. The summed E-state index contributed by atoms with van der Waals surface area (Å²) in [6.07, 6.45) is 0.951. The predicted molar refractivity (Wildman–Crippen MR) is 107 cm³/mol. The molecule has 2 aliphatic heterocycles. The third-order valence-corrected chi connectivity index (χ3v) is 5.65. The van der Waals surface area contributed by atoms with Gasteiger partial charge in [-0.25, -0.2) is 0 Å². The Bertz CT molecular complexity index is 784. The highest BCUT2D eigenvalue weighted by atomic mass is 35.5. The molecule has 1 amide bonds. The Kier molecular flexibility index (Phi) is 4.88. The number of benzene rings is 2. The smallest absolute Gasteiger partial charge is 0.241 e. The summed E-state index contributed by atoms with van der Waals surface area (Å²) in [5, 5.41) is 0.762. The SMILES string of the molecule is CC1Cc2ccccc2N1C(=O)CN1CCN(c2ccc(Cl)cc2)CC1. The van der Waals surface area contributed by atoms with Crippen molar-refractivity contribution >= 4 is 28.9 Å². The van der Waals surface area contributed by atoms with Crippen LogP contribution in [0.15, 0.2) is 48.5 Å². The Labute approximate surface area is 160 Å². The lowest BCUT2D eigenvalue weighted by molar-refractivity contribution is -0.120. The molecule has 1 saturated heterocycles. The average molecular weight is 370 g/mol. The quantitative estimate of drug-likeness (QED) is 0.829. The van der Waals surface area contributed by atoms with Gasteiger partial charge in [-0.2, -0.15) is 0 Å². The van der Waals surface area contributed by atoms with Crippen LogP contribution in [0.25, 0.3) is 0 Å². The maximum Gasteiger partial charge on any atom is 0.241 e. The molecule has 1 atom stereocenters. The minimum absolute atomic E-state index is 0.211. The molecule has 1 unspecified atom stereocenters. The van der Waals surface area contributed by atoms with E-state index in [1.165, 1.54) is 11.3 Å². The summed E-state index contributed by atoms with van der Waals surface area (Å²) >= 11 is 5.97. The first-order chi connectivity index (χ1) is 12.6. The number of para-hydroxylation sites is 1. The molecule has 0 radical (unpaired) electrons. The van der Waals surface area contributed by atoms with Crippen LogP contribution in [0.1, 0.15) is 12.5 Å². The summed E-state index contributed by atoms with van der Waals surface area (Å²) in [5.41, 5.74) is 3.56. The molecule has 0 aromatic heterocycles. The van der Waals surface area contributed by atoms with Crippen LogP contribution in [0, 0.1) is 0 Å². The first-order valence-corrected chi connectivity index (χ1v) is 9.62. The van der Waals surface area contributed by atoms with Crippen molar-refractivity contribution in [3.8, 4) is 0 Å². The van der Waals surface area contributed by atoms with Crippen molar-refractivity contribution in [2.75, 3.05) is 42.5 Å². The fourth-order valence-electron chi connectivity index (χ4n) is 4.03. The Morgan fingerprint density at radius 1 is 1.04 bits per heavy atom. The second-order valence-electron chi connectivity index (χ2n) is 7.19. The Morgan fingerprint density at radius 2 is 1.73 bits per heavy atom. The monoisotopic (exact) mass is 369 g/mol. The van der Waals surface area contributed by atoms with Gasteiger partial charge in [0.05, 0.1) is 6.54 Å². The van der Waals surface area contributed by atoms with Crippen LogP contribution in [-0.4, -0.2) is 49.6 Å². The standard InChI is InChI=1S/C21H24ClN3O/c1-16-14-17-4-2-3-5-20(17)25(16)21(26)15-23-10-12-24(13-11-23)19-8-6-18(22)7-9-19/h2-9,16H,10-15H2,1H3. The lowest BCUT2D eigenvalue weighted by Crippen LogP contribution is -2.51. The van der Waals surface area contributed by atoms with E-state index in [9.17, 15) is 4.79 Å². The Balaban J connectivity index is 1.36. The zero-order chi connectivity index (χ0) is 18.1. The van der Waals surface area contributed by atoms with Gasteiger partial charge in [-0.1, -0.05) is 29.8 Å². The summed E-state index contributed by atoms with van der Waals surface area (Å²) in [6.45, 7) is 6.29. The van der Waals surface area contributed by atoms with E-state index >= 15 is 0 Å². The van der Waals surface area contributed by atoms with Gasteiger partial charge in [-0.05, 0) is 49.2 Å². The van der Waals surface area contributed by atoms with Gasteiger partial charge < -0.3 is 9.80 Å². The maximum absolute atomic E-state index is 12.9. The van der Waals surface area contributed by atoms with Gasteiger partial charge in [-0.15, -0.1) is 0 Å². The fraction of sp³-hybridized carbons (Fsp3) is 0.381. The van der Waals surface area contributed by atoms with Crippen LogP contribution in [0.5, 0.6) is 0 Å². The number of fused-ring (bicyclic) bond motifs is 1. The molecular weight excluding hydrogens is 346 g/mol. The molecule has 2 aliphatic rings. The summed E-state index contributed by atoms with van der Waals surface area (Å²) in [6, 6.07) is 16.5. The molecule has 2 aromatic carbocycles. The molecule has 0 spiro atoms. The van der Waals surface area contributed by atoms with Gasteiger partial charge in [0.1, 0.15) is 0 Å². The predicted octanol–water partition coefficient (Wildman–Crippen LogP) is 3.44. The largest absolute Gasteiger partial charge is 0.369 e. The number of hydrogen-bond donors (Lipinski definition) is 0. The van der Waals surface area contributed by atoms with Crippen LogP contribution < -0.4 is 9.80 Å². The van der Waals surface area contributed by atoms with Crippen LogP contribution in [0.2, 0.25) is 5.02 Å². The van der Waals surface area contributed by atoms with E-state index in [0.29, 0.717) is 6.54 Å². The lowest BCUT2D eigenvalue weighted by Gasteiger charge is -2.36. The molecule has 0 bridgehead atoms. The number of rotatable bonds is 3. The molecule has 136 valence electrons. The van der Waals surface area contributed by atoms with E-state index in [1.807, 2.05) is 23.1 Å². The summed E-state index contributed by atoms with van der Waals surface area (Å²) < 4.78 is 0. The third kappa shape index (κ3) is 3.44. The molecular formula is C21H24ClN3O. The van der Waals surface area contributed by atoms with E-state index in [1.54, 1.807) is 0 Å². The number of nitrogens with zero attached hydrogens (tertiary/aromatic N) is 3. The number of halogens is 1. The van der Waals surface area contributed by atoms with E-state index in [-0.39, 0.29) is 11.9 Å². The van der Waals surface area contributed by atoms with E-state index < -0.39 is 0 Å². The zero-order valence-electron chi connectivity index (χ0n) is 15.1. The lowest BCUT2D eigenvalue weighted by atomic mass is 10.1. The van der Waals surface area contributed by atoms with Gasteiger partial charge in [0.25, 0.3) is 0 Å². The topological polar surface area (TPSA) is 26.8 Å². The van der Waals surface area contributed by atoms with E-state index in [4.69, 9.17) is 11.6 Å². The molecule has 4 rings (SSSR count). The second kappa shape index (κ2) is 7.29. The summed E-state index contributed by atoms with van der Waals surface area (Å²) in [7, 11) is 0. The van der Waals surface area contributed by atoms with Crippen LogP contribution in [0.3, 0.4) is 0 Å². The Morgan fingerprint density at radius 3 is 2.46 bits per heavy atom. The summed E-state index contributed by atoms with van der Waals surface area (Å²) in [4.78, 5) is 19.5. The van der Waals surface area contributed by atoms with Crippen molar-refractivity contribution in [1.82, 2.24) is 4.90 Å². The van der Waals surface area contributed by atoms with Crippen molar-refractivity contribution in [2.45, 2.75) is 19.4 Å². The van der Waals surface area contributed by atoms with Crippen molar-refractivity contribution in [3.05, 3.63) is 59.1 Å². The molecule has 4 nitrogen and oxygen atoms in total. The third-order valence-electron chi connectivity index (χ3n) is 5.40. The molecule has 0 N–H and O–H groups in total. The molecule has 0 aliphatic carbocycles. The van der Waals surface area contributed by atoms with Crippen LogP contribution in [0.4, 0.5) is 11.4 Å². The van der Waals surface area contributed by atoms with Crippen LogP contribution >= 0.6 is 11.6 Å². The number of hydrogen-bond acceptors (Lipinski definition) is 3. The van der Waals surface area contributed by atoms with Gasteiger partial charge in [0, 0.05) is 48.6 Å². The second-order valence-corrected chi connectivity index (χ2v) is 7.62. The van der Waals surface area contributed by atoms with Gasteiger partial charge in [0.2, 0.25) is 5.91 Å². The van der Waals surface area contributed by atoms with Crippen molar-refractivity contribution in [3.63, 3.8) is 0 Å². The van der Waals surface area contributed by atoms with Crippen molar-refractivity contribution in [2.24, 2.45) is 0 Å². The number of amides is 1. The van der Waals surface area contributed by atoms with E-state index in [0.717, 1.165) is 43.3 Å². The molecule has 26 heavy (non-hydrogen) atoms. The number of piperazine rings is 1. The van der Waals surface area contributed by atoms with Crippen LogP contribution in [-0.2, 0) is 11.2 Å². The minimum Gasteiger partial charge on any atom is -0.369 e. The van der Waals surface area contributed by atoms with Crippen molar-refractivity contribution in [1.29, 1.82) is 0 Å². The molecule has 2 heterocycles.